The van der Waals surface area contributed by atoms with E-state index < -0.39 is 52.2 Å². The molecule has 3 aromatic heterocycles. The molecule has 1 aliphatic rings. The Bertz CT molecular complexity index is 1480. The van der Waals surface area contributed by atoms with E-state index in [2.05, 4.69) is 20.4 Å². The molecule has 1 atom stereocenters. The van der Waals surface area contributed by atoms with E-state index >= 15 is 0 Å². The number of halogens is 6. The zero-order valence-corrected chi connectivity index (χ0v) is 20.8. The van der Waals surface area contributed by atoms with E-state index in [1.165, 1.54) is 30.2 Å². The van der Waals surface area contributed by atoms with E-state index in [4.69, 9.17) is 0 Å². The molecule has 11 nitrogen and oxygen atoms in total. The van der Waals surface area contributed by atoms with Crippen molar-refractivity contribution in [2.24, 2.45) is 0 Å². The highest BCUT2D eigenvalue weighted by molar-refractivity contribution is 5.94. The quantitative estimate of drug-likeness (QED) is 0.431. The van der Waals surface area contributed by atoms with Gasteiger partial charge >= 0.3 is 12.4 Å². The van der Waals surface area contributed by atoms with E-state index in [0.29, 0.717) is 12.4 Å². The van der Waals surface area contributed by atoms with Crippen molar-refractivity contribution in [3.8, 4) is 0 Å². The van der Waals surface area contributed by atoms with Crippen LogP contribution in [0.5, 0.6) is 0 Å². The third-order valence-electron chi connectivity index (χ3n) is 6.08. The van der Waals surface area contributed by atoms with Gasteiger partial charge < -0.3 is 19.7 Å². The molecule has 0 saturated carbocycles. The van der Waals surface area contributed by atoms with Crippen LogP contribution in [0.1, 0.15) is 28.4 Å². The molecule has 1 fully saturated rings. The van der Waals surface area contributed by atoms with Crippen LogP contribution in [0.4, 0.5) is 38.0 Å². The molecule has 4 heterocycles. The molecule has 0 radical (unpaired) electrons. The Balaban J connectivity index is 1.42. The summed E-state index contributed by atoms with van der Waals surface area (Å²) in [5, 5.41) is 7.66. The number of rotatable bonds is 6. The lowest BCUT2D eigenvalue weighted by molar-refractivity contribution is -0.139. The number of nitrogens with one attached hydrogen (secondary N) is 2. The second-order valence-corrected chi connectivity index (χ2v) is 8.96. The van der Waals surface area contributed by atoms with E-state index in [-0.39, 0.29) is 44.2 Å². The minimum atomic E-state index is -4.94. The molecule has 3 aromatic rings. The van der Waals surface area contributed by atoms with E-state index in [0.717, 1.165) is 10.8 Å². The summed E-state index contributed by atoms with van der Waals surface area (Å²) in [6, 6.07) is 2.00. The van der Waals surface area contributed by atoms with Crippen molar-refractivity contribution in [1.82, 2.24) is 29.6 Å². The third-order valence-corrected chi connectivity index (χ3v) is 6.08. The smallest absolute Gasteiger partial charge is 0.379 e. The number of H-pyrrole nitrogens is 1. The van der Waals surface area contributed by atoms with Crippen molar-refractivity contribution in [2.75, 3.05) is 36.4 Å². The summed E-state index contributed by atoms with van der Waals surface area (Å²) >= 11 is 0. The monoisotopic (exact) mass is 572 g/mol. The molecule has 1 saturated heterocycles. The normalized spacial score (nSPS) is 15.2. The Labute approximate surface area is 221 Å². The zero-order valence-electron chi connectivity index (χ0n) is 20.8. The van der Waals surface area contributed by atoms with Crippen molar-refractivity contribution in [3.05, 3.63) is 74.3 Å². The maximum atomic E-state index is 13.3. The number of nitrogens with zero attached hydrogens (tertiary/aromatic N) is 6. The van der Waals surface area contributed by atoms with Crippen LogP contribution >= 0.6 is 0 Å². The fourth-order valence-corrected chi connectivity index (χ4v) is 4.15. The molecule has 1 amide bonds. The Morgan fingerprint density at radius 1 is 1.02 bits per heavy atom. The first-order valence-corrected chi connectivity index (χ1v) is 11.8. The molecule has 0 aromatic carbocycles. The number of hydrogen-bond donors (Lipinski definition) is 2. The first-order valence-electron chi connectivity index (χ1n) is 11.8. The Morgan fingerprint density at radius 2 is 1.68 bits per heavy atom. The molecular weight excluding hydrogens is 550 g/mol. The summed E-state index contributed by atoms with van der Waals surface area (Å²) in [4.78, 5) is 48.3. The average Bonchev–Trinajstić information content (AvgIpc) is 2.88. The van der Waals surface area contributed by atoms with Gasteiger partial charge in [0.25, 0.3) is 17.0 Å². The van der Waals surface area contributed by atoms with Gasteiger partial charge in [-0.1, -0.05) is 0 Å². The van der Waals surface area contributed by atoms with Crippen molar-refractivity contribution < 1.29 is 31.1 Å². The number of carbonyl (C=O) groups is 1. The van der Waals surface area contributed by atoms with E-state index in [9.17, 15) is 40.7 Å². The lowest BCUT2D eigenvalue weighted by Crippen LogP contribution is -2.50. The topological polar surface area (TPSA) is 129 Å². The molecular formula is C23H22F6N8O3. The SMILES string of the molecule is CC(Cn1cccc(C(=O)N2CCN(c3ncc(C(F)(F)F)cn3)CC2)c1=O)Nc1cn[nH]c(=O)c1C(F)(F)F. The van der Waals surface area contributed by atoms with Gasteiger partial charge in [-0.15, -0.1) is 0 Å². The van der Waals surface area contributed by atoms with Gasteiger partial charge in [-0.3, -0.25) is 14.4 Å². The van der Waals surface area contributed by atoms with Crippen LogP contribution in [0.2, 0.25) is 0 Å². The second-order valence-electron chi connectivity index (χ2n) is 8.96. The van der Waals surface area contributed by atoms with Crippen molar-refractivity contribution in [2.45, 2.75) is 31.9 Å². The molecule has 1 aliphatic heterocycles. The van der Waals surface area contributed by atoms with E-state index in [1.807, 2.05) is 0 Å². The number of anilines is 2. The standard InChI is InChI=1S/C23H22F6N8O3/c1-13(33-16-11-32-34-18(38)17(16)23(27,28)29)12-37-4-2-3-15(20(37)40)19(39)35-5-7-36(8-6-35)21-30-9-14(10-31-21)22(24,25)26/h2-4,9-11,13H,5-8,12H2,1H3,(H2,33,34,38). The summed E-state index contributed by atoms with van der Waals surface area (Å²) < 4.78 is 79.3. The molecule has 214 valence electrons. The van der Waals surface area contributed by atoms with Crippen molar-refractivity contribution >= 4 is 17.5 Å². The summed E-state index contributed by atoms with van der Waals surface area (Å²) in [7, 11) is 0. The van der Waals surface area contributed by atoms with Gasteiger partial charge in [-0.2, -0.15) is 31.4 Å². The Morgan fingerprint density at radius 3 is 2.27 bits per heavy atom. The molecule has 0 bridgehead atoms. The van der Waals surface area contributed by atoms with Gasteiger partial charge in [0.15, 0.2) is 0 Å². The summed E-state index contributed by atoms with van der Waals surface area (Å²) in [6.07, 6.45) is -5.96. The first-order chi connectivity index (χ1) is 18.8. The largest absolute Gasteiger partial charge is 0.423 e. The van der Waals surface area contributed by atoms with Crippen LogP contribution in [0.3, 0.4) is 0 Å². The van der Waals surface area contributed by atoms with Gasteiger partial charge in [0.1, 0.15) is 11.1 Å². The van der Waals surface area contributed by atoms with Crippen molar-refractivity contribution in [1.29, 1.82) is 0 Å². The fourth-order valence-electron chi connectivity index (χ4n) is 4.15. The van der Waals surface area contributed by atoms with Gasteiger partial charge in [-0.25, -0.2) is 15.1 Å². The first kappa shape index (κ1) is 28.6. The third kappa shape index (κ3) is 6.23. The number of aromatic nitrogens is 5. The van der Waals surface area contributed by atoms with Crippen LogP contribution in [-0.4, -0.2) is 67.8 Å². The number of piperazine rings is 1. The fraction of sp³-hybridized carbons (Fsp3) is 0.391. The van der Waals surface area contributed by atoms with E-state index in [1.54, 1.807) is 10.00 Å². The summed E-state index contributed by atoms with van der Waals surface area (Å²) in [5.74, 6) is -0.501. The Kier molecular flexibility index (Phi) is 7.84. The molecule has 0 spiro atoms. The number of alkyl halides is 6. The Hall–Kier alpha value is -4.44. The second kappa shape index (κ2) is 11.0. The van der Waals surface area contributed by atoms with Crippen LogP contribution < -0.4 is 21.3 Å². The molecule has 2 N–H and O–H groups in total. The van der Waals surface area contributed by atoms with Gasteiger partial charge in [-0.05, 0) is 19.1 Å². The summed E-state index contributed by atoms with van der Waals surface area (Å²) in [6.45, 7) is 2.07. The van der Waals surface area contributed by atoms with Crippen molar-refractivity contribution in [3.63, 3.8) is 0 Å². The minimum absolute atomic E-state index is 0.0768. The molecule has 4 rings (SSSR count). The number of amides is 1. The maximum absolute atomic E-state index is 13.3. The number of carbonyl (C=O) groups excluding carboxylic acids is 1. The summed E-state index contributed by atoms with van der Waals surface area (Å²) in [5.41, 5.74) is -5.24. The molecule has 1 unspecified atom stereocenters. The highest BCUT2D eigenvalue weighted by Gasteiger charge is 2.37. The predicted octanol–water partition coefficient (Wildman–Crippen LogP) is 2.22. The number of aromatic amines is 1. The number of pyridine rings is 1. The van der Waals surface area contributed by atoms with Gasteiger partial charge in [0, 0.05) is 57.4 Å². The predicted molar refractivity (Wildman–Crippen MR) is 129 cm³/mol. The lowest BCUT2D eigenvalue weighted by Gasteiger charge is -2.34. The highest BCUT2D eigenvalue weighted by atomic mass is 19.4. The highest BCUT2D eigenvalue weighted by Crippen LogP contribution is 2.31. The van der Waals surface area contributed by atoms with Crippen LogP contribution in [-0.2, 0) is 18.9 Å². The lowest BCUT2D eigenvalue weighted by atomic mass is 10.2. The molecule has 17 heteroatoms. The zero-order chi connectivity index (χ0) is 29.2. The van der Waals surface area contributed by atoms with Gasteiger partial charge in [0.2, 0.25) is 5.95 Å². The number of hydrogen-bond acceptors (Lipinski definition) is 8. The van der Waals surface area contributed by atoms with Crippen LogP contribution in [0.15, 0.2) is 46.5 Å². The van der Waals surface area contributed by atoms with Crippen LogP contribution in [0.25, 0.3) is 0 Å². The molecule has 40 heavy (non-hydrogen) atoms. The average molecular weight is 572 g/mol. The van der Waals surface area contributed by atoms with Gasteiger partial charge in [0.05, 0.1) is 17.4 Å². The maximum Gasteiger partial charge on any atom is 0.423 e. The van der Waals surface area contributed by atoms with Crippen LogP contribution in [0, 0.1) is 0 Å². The molecule has 0 aliphatic carbocycles. The minimum Gasteiger partial charge on any atom is -0.379 e.